The minimum atomic E-state index is -0.733. The number of ether oxygens (including phenoxy) is 1. The van der Waals surface area contributed by atoms with Crippen molar-refractivity contribution >= 4 is 5.97 Å². The van der Waals surface area contributed by atoms with Gasteiger partial charge in [0.25, 0.3) is 0 Å². The normalized spacial score (nSPS) is 12.6. The smallest absolute Gasteiger partial charge is 0.327 e. The Morgan fingerprint density at radius 1 is 1.79 bits per heavy atom. The predicted octanol–water partition coefficient (Wildman–Crippen LogP) is 0.291. The highest BCUT2D eigenvalue weighted by molar-refractivity contribution is 5.77. The molecular weight excluding hydrogens is 182 g/mol. The van der Waals surface area contributed by atoms with Crippen molar-refractivity contribution in [2.75, 3.05) is 6.61 Å². The fourth-order valence-corrected chi connectivity index (χ4v) is 1.18. The first-order chi connectivity index (χ1) is 6.57. The lowest BCUT2D eigenvalue weighted by molar-refractivity contribution is -0.144. The molecule has 0 saturated heterocycles. The number of nitrogens with two attached hydrogens (primary N) is 1. The van der Waals surface area contributed by atoms with E-state index in [1.165, 1.54) is 0 Å². The quantitative estimate of drug-likeness (QED) is 0.707. The number of carbonyl (C=O) groups is 1. The van der Waals surface area contributed by atoms with E-state index in [1.807, 2.05) is 6.92 Å². The van der Waals surface area contributed by atoms with Gasteiger partial charge in [0, 0.05) is 18.3 Å². The van der Waals surface area contributed by atoms with E-state index in [2.05, 4.69) is 5.10 Å². The molecule has 14 heavy (non-hydrogen) atoms. The Kier molecular flexibility index (Phi) is 3.24. The molecule has 1 unspecified atom stereocenters. The lowest BCUT2D eigenvalue weighted by Gasteiger charge is -2.09. The Morgan fingerprint density at radius 3 is 2.86 bits per heavy atom. The van der Waals surface area contributed by atoms with Crippen LogP contribution in [-0.4, -0.2) is 22.4 Å². The van der Waals surface area contributed by atoms with Crippen molar-refractivity contribution in [1.29, 1.82) is 0 Å². The molecule has 0 amide bonds. The van der Waals surface area contributed by atoms with Crippen molar-refractivity contribution in [2.24, 2.45) is 12.8 Å². The van der Waals surface area contributed by atoms with E-state index >= 15 is 0 Å². The largest absolute Gasteiger partial charge is 0.465 e. The van der Waals surface area contributed by atoms with Crippen LogP contribution in [0.25, 0.3) is 0 Å². The first-order valence-electron chi connectivity index (χ1n) is 4.48. The summed E-state index contributed by atoms with van der Waals surface area (Å²) in [6.07, 6.45) is 1.59. The van der Waals surface area contributed by atoms with Gasteiger partial charge in [-0.15, -0.1) is 0 Å². The lowest BCUT2D eigenvalue weighted by atomic mass is 10.1. The maximum Gasteiger partial charge on any atom is 0.327 e. The Balaban J connectivity index is 2.83. The minimum Gasteiger partial charge on any atom is -0.465 e. The van der Waals surface area contributed by atoms with Crippen LogP contribution in [0, 0.1) is 6.92 Å². The van der Waals surface area contributed by atoms with Crippen molar-refractivity contribution in [3.05, 3.63) is 17.5 Å². The molecule has 5 heteroatoms. The molecule has 0 aromatic carbocycles. The van der Waals surface area contributed by atoms with Gasteiger partial charge >= 0.3 is 5.97 Å². The molecule has 0 radical (unpaired) electrons. The van der Waals surface area contributed by atoms with Gasteiger partial charge in [0.15, 0.2) is 0 Å². The predicted molar refractivity (Wildman–Crippen MR) is 51.5 cm³/mol. The molecule has 5 nitrogen and oxygen atoms in total. The second kappa shape index (κ2) is 4.23. The average molecular weight is 197 g/mol. The van der Waals surface area contributed by atoms with Crippen LogP contribution >= 0.6 is 0 Å². The summed E-state index contributed by atoms with van der Waals surface area (Å²) in [5.74, 6) is -0.413. The number of hydrogen-bond donors (Lipinski definition) is 1. The molecule has 2 N–H and O–H groups in total. The van der Waals surface area contributed by atoms with Crippen molar-refractivity contribution in [2.45, 2.75) is 19.9 Å². The summed E-state index contributed by atoms with van der Waals surface area (Å²) < 4.78 is 6.50. The van der Waals surface area contributed by atoms with E-state index in [1.54, 1.807) is 24.9 Å². The van der Waals surface area contributed by atoms with Gasteiger partial charge in [0.2, 0.25) is 0 Å². The molecule has 78 valence electrons. The molecule has 0 bridgehead atoms. The zero-order valence-corrected chi connectivity index (χ0v) is 8.65. The lowest BCUT2D eigenvalue weighted by Crippen LogP contribution is -2.24. The molecule has 0 aliphatic heterocycles. The minimum absolute atomic E-state index is 0.339. The zero-order valence-electron chi connectivity index (χ0n) is 8.65. The third-order valence-corrected chi connectivity index (χ3v) is 2.15. The van der Waals surface area contributed by atoms with Gasteiger partial charge in [-0.05, 0) is 13.8 Å². The van der Waals surface area contributed by atoms with E-state index < -0.39 is 12.0 Å². The summed E-state index contributed by atoms with van der Waals surface area (Å²) in [7, 11) is 1.80. The van der Waals surface area contributed by atoms with Gasteiger partial charge in [0.1, 0.15) is 6.04 Å². The molecule has 0 saturated carbocycles. The van der Waals surface area contributed by atoms with Gasteiger partial charge < -0.3 is 10.5 Å². The van der Waals surface area contributed by atoms with Crippen LogP contribution in [0.3, 0.4) is 0 Å². The van der Waals surface area contributed by atoms with Crippen LogP contribution in [0.15, 0.2) is 6.20 Å². The molecular formula is C9H15N3O2. The fourth-order valence-electron chi connectivity index (χ4n) is 1.18. The van der Waals surface area contributed by atoms with Crippen LogP contribution in [0.2, 0.25) is 0 Å². The van der Waals surface area contributed by atoms with Crippen molar-refractivity contribution in [3.8, 4) is 0 Å². The van der Waals surface area contributed by atoms with Crippen molar-refractivity contribution < 1.29 is 9.53 Å². The maximum absolute atomic E-state index is 11.3. The summed E-state index contributed by atoms with van der Waals surface area (Å²) in [4.78, 5) is 11.3. The summed E-state index contributed by atoms with van der Waals surface area (Å²) >= 11 is 0. The van der Waals surface area contributed by atoms with Gasteiger partial charge in [0.05, 0.1) is 12.8 Å². The van der Waals surface area contributed by atoms with E-state index in [9.17, 15) is 4.79 Å². The number of rotatable bonds is 3. The second-order valence-corrected chi connectivity index (χ2v) is 3.04. The highest BCUT2D eigenvalue weighted by atomic mass is 16.5. The first kappa shape index (κ1) is 10.7. The number of aryl methyl sites for hydroxylation is 1. The van der Waals surface area contributed by atoms with Gasteiger partial charge in [-0.1, -0.05) is 0 Å². The fraction of sp³-hybridized carbons (Fsp3) is 0.556. The molecule has 0 spiro atoms. The van der Waals surface area contributed by atoms with E-state index in [0.29, 0.717) is 12.2 Å². The van der Waals surface area contributed by atoms with E-state index in [-0.39, 0.29) is 0 Å². The van der Waals surface area contributed by atoms with Crippen LogP contribution < -0.4 is 5.73 Å². The van der Waals surface area contributed by atoms with Gasteiger partial charge in [-0.25, -0.2) is 4.79 Å². The van der Waals surface area contributed by atoms with Crippen LogP contribution in [0.1, 0.15) is 24.2 Å². The highest BCUT2D eigenvalue weighted by Gasteiger charge is 2.20. The zero-order chi connectivity index (χ0) is 10.7. The van der Waals surface area contributed by atoms with Crippen molar-refractivity contribution in [1.82, 2.24) is 9.78 Å². The molecule has 1 rings (SSSR count). The molecule has 1 heterocycles. The number of aromatic nitrogens is 2. The maximum atomic E-state index is 11.3. The van der Waals surface area contributed by atoms with Gasteiger partial charge in [-0.2, -0.15) is 5.10 Å². The molecule has 0 aliphatic rings. The van der Waals surface area contributed by atoms with Crippen LogP contribution in [0.4, 0.5) is 0 Å². The number of esters is 1. The highest BCUT2D eigenvalue weighted by Crippen LogP contribution is 2.15. The SMILES string of the molecule is CCOC(=O)C(N)c1cnn(C)c1C. The number of carbonyl (C=O) groups excluding carboxylic acids is 1. The Bertz CT molecular complexity index is 333. The molecule has 1 aromatic rings. The topological polar surface area (TPSA) is 70.1 Å². The number of hydrogen-bond acceptors (Lipinski definition) is 4. The molecule has 1 atom stereocenters. The third-order valence-electron chi connectivity index (χ3n) is 2.15. The van der Waals surface area contributed by atoms with Gasteiger partial charge in [-0.3, -0.25) is 4.68 Å². The second-order valence-electron chi connectivity index (χ2n) is 3.04. The molecule has 0 fully saturated rings. The van der Waals surface area contributed by atoms with E-state index in [0.717, 1.165) is 5.69 Å². The third kappa shape index (κ3) is 1.93. The summed E-state index contributed by atoms with van der Waals surface area (Å²) in [5, 5.41) is 4.01. The van der Waals surface area contributed by atoms with Crippen LogP contribution in [-0.2, 0) is 16.6 Å². The Morgan fingerprint density at radius 2 is 2.43 bits per heavy atom. The molecule has 0 aliphatic carbocycles. The Labute approximate surface area is 82.8 Å². The summed E-state index contributed by atoms with van der Waals surface area (Å²) in [6.45, 7) is 3.95. The Hall–Kier alpha value is -1.36. The number of nitrogens with zero attached hydrogens (tertiary/aromatic N) is 2. The summed E-state index contributed by atoms with van der Waals surface area (Å²) in [5.41, 5.74) is 7.30. The molecule has 1 aromatic heterocycles. The van der Waals surface area contributed by atoms with E-state index in [4.69, 9.17) is 10.5 Å². The van der Waals surface area contributed by atoms with Crippen molar-refractivity contribution in [3.63, 3.8) is 0 Å². The standard InChI is InChI=1S/C9H15N3O2/c1-4-14-9(13)8(10)7-5-11-12(3)6(7)2/h5,8H,4,10H2,1-3H3. The first-order valence-corrected chi connectivity index (χ1v) is 4.48. The monoisotopic (exact) mass is 197 g/mol. The van der Waals surface area contributed by atoms with Crippen LogP contribution in [0.5, 0.6) is 0 Å². The average Bonchev–Trinajstić information content (AvgIpc) is 2.47. The summed E-state index contributed by atoms with van der Waals surface area (Å²) in [6, 6.07) is -0.733.